The summed E-state index contributed by atoms with van der Waals surface area (Å²) in [6.45, 7) is 1.89. The second-order valence-corrected chi connectivity index (χ2v) is 2.20. The summed E-state index contributed by atoms with van der Waals surface area (Å²) in [6.07, 6.45) is 0. The van der Waals surface area contributed by atoms with Crippen molar-refractivity contribution in [3.05, 3.63) is 23.8 Å². The highest BCUT2D eigenvalue weighted by Crippen LogP contribution is 2.26. The Hall–Kier alpha value is -0.890. The molecule has 0 saturated heterocycles. The van der Waals surface area contributed by atoms with Crippen molar-refractivity contribution in [2.75, 3.05) is 0 Å². The topological polar surface area (TPSA) is 29.5 Å². The second kappa shape index (κ2) is 2.80. The largest absolute Gasteiger partial charge is 0.504 e. The van der Waals surface area contributed by atoms with Gasteiger partial charge in [0.2, 0.25) is 0 Å². The summed E-state index contributed by atoms with van der Waals surface area (Å²) >= 11 is 5.04. The first-order valence-corrected chi connectivity index (χ1v) is 3.13. The maximum atomic E-state index is 9.03. The van der Waals surface area contributed by atoms with Crippen molar-refractivity contribution in [2.45, 2.75) is 6.92 Å². The van der Waals surface area contributed by atoms with Gasteiger partial charge in [-0.15, -0.1) is 0 Å². The molecule has 0 aromatic heterocycles. The lowest BCUT2D eigenvalue weighted by Gasteiger charge is -1.99. The van der Waals surface area contributed by atoms with Crippen LogP contribution in [0.4, 0.5) is 0 Å². The maximum absolute atomic E-state index is 9.03. The van der Waals surface area contributed by atoms with E-state index in [2.05, 4.69) is 4.29 Å². The monoisotopic (exact) mass is 158 g/mol. The number of hydrogen-bond acceptors (Lipinski definition) is 2. The van der Waals surface area contributed by atoms with Gasteiger partial charge in [-0.1, -0.05) is 6.07 Å². The molecule has 0 unspecified atom stereocenters. The highest BCUT2D eigenvalue weighted by atomic mass is 35.5. The average Bonchev–Trinajstić information content (AvgIpc) is 1.94. The second-order valence-electron chi connectivity index (χ2n) is 2.05. The van der Waals surface area contributed by atoms with Gasteiger partial charge in [0.25, 0.3) is 0 Å². The predicted octanol–water partition coefficient (Wildman–Crippen LogP) is 2.23. The van der Waals surface area contributed by atoms with Crippen LogP contribution in [0.15, 0.2) is 18.2 Å². The lowest BCUT2D eigenvalue weighted by molar-refractivity contribution is 0.446. The Kier molecular flexibility index (Phi) is 2.02. The van der Waals surface area contributed by atoms with Crippen LogP contribution in [-0.4, -0.2) is 5.11 Å². The van der Waals surface area contributed by atoms with Gasteiger partial charge in [-0.25, -0.2) is 0 Å². The van der Waals surface area contributed by atoms with Crippen LogP contribution in [0, 0.1) is 6.92 Å². The summed E-state index contributed by atoms with van der Waals surface area (Å²) < 4.78 is 4.35. The molecule has 0 saturated carbocycles. The van der Waals surface area contributed by atoms with Crippen LogP contribution in [0.25, 0.3) is 0 Å². The first-order valence-electron chi connectivity index (χ1n) is 2.82. The van der Waals surface area contributed by atoms with Gasteiger partial charge in [0, 0.05) is 0 Å². The first-order chi connectivity index (χ1) is 4.74. The summed E-state index contributed by atoms with van der Waals surface area (Å²) in [5.41, 5.74) is 0.994. The molecule has 0 spiro atoms. The van der Waals surface area contributed by atoms with Gasteiger partial charge in [-0.2, -0.15) is 0 Å². The van der Waals surface area contributed by atoms with Crippen LogP contribution in [-0.2, 0) is 0 Å². The lowest BCUT2D eigenvalue weighted by atomic mass is 10.2. The van der Waals surface area contributed by atoms with E-state index in [1.807, 2.05) is 6.92 Å². The number of halogens is 1. The highest BCUT2D eigenvalue weighted by Gasteiger charge is 1.99. The molecule has 54 valence electrons. The summed E-state index contributed by atoms with van der Waals surface area (Å²) in [6, 6.07) is 4.96. The minimum Gasteiger partial charge on any atom is -0.504 e. The van der Waals surface area contributed by atoms with Crippen LogP contribution in [0.1, 0.15) is 5.56 Å². The Morgan fingerprint density at radius 1 is 1.50 bits per heavy atom. The fourth-order valence-corrected chi connectivity index (χ4v) is 0.807. The number of phenolic OH excluding ortho intramolecular Hbond substituents is 1. The van der Waals surface area contributed by atoms with E-state index in [-0.39, 0.29) is 5.75 Å². The van der Waals surface area contributed by atoms with Gasteiger partial charge in [-0.05, 0) is 24.6 Å². The standard InChI is InChI=1S/C7H7ClO2/c1-5-2-3-6(9)7(4-5)10-8/h2-4,9H,1H3. The molecule has 0 bridgehead atoms. The first kappa shape index (κ1) is 7.22. The molecule has 1 rings (SSSR count). The SMILES string of the molecule is Cc1ccc(O)c(OCl)c1. The Balaban J connectivity index is 3.09. The third kappa shape index (κ3) is 1.33. The van der Waals surface area contributed by atoms with Gasteiger partial charge in [-0.3, -0.25) is 0 Å². The number of aromatic hydroxyl groups is 1. The maximum Gasteiger partial charge on any atom is 0.188 e. The fourth-order valence-electron chi connectivity index (χ4n) is 0.683. The smallest absolute Gasteiger partial charge is 0.188 e. The zero-order chi connectivity index (χ0) is 7.56. The van der Waals surface area contributed by atoms with E-state index in [0.29, 0.717) is 5.75 Å². The Morgan fingerprint density at radius 3 is 2.70 bits per heavy atom. The Morgan fingerprint density at radius 2 is 2.20 bits per heavy atom. The molecule has 3 heteroatoms. The molecule has 1 aromatic rings. The molecule has 2 nitrogen and oxygen atoms in total. The van der Waals surface area contributed by atoms with Crippen molar-refractivity contribution >= 4 is 11.9 Å². The normalized spacial score (nSPS) is 9.40. The minimum absolute atomic E-state index is 0.0561. The van der Waals surface area contributed by atoms with Crippen molar-refractivity contribution in [1.82, 2.24) is 0 Å². The number of benzene rings is 1. The van der Waals surface area contributed by atoms with Crippen molar-refractivity contribution < 1.29 is 9.40 Å². The molecule has 1 N–H and O–H groups in total. The van der Waals surface area contributed by atoms with E-state index in [4.69, 9.17) is 17.0 Å². The lowest BCUT2D eigenvalue weighted by Crippen LogP contribution is -1.77. The summed E-state index contributed by atoms with van der Waals surface area (Å²) in [7, 11) is 0. The van der Waals surface area contributed by atoms with Gasteiger partial charge in [0.1, 0.15) is 11.9 Å². The van der Waals surface area contributed by atoms with Crippen LogP contribution < -0.4 is 4.29 Å². The Bertz CT molecular complexity index is 235. The number of hydrogen-bond donors (Lipinski definition) is 1. The third-order valence-corrected chi connectivity index (χ3v) is 1.36. The van der Waals surface area contributed by atoms with Crippen molar-refractivity contribution in [1.29, 1.82) is 0 Å². The molecule has 0 aliphatic rings. The quantitative estimate of drug-likeness (QED) is 0.679. The van der Waals surface area contributed by atoms with Crippen molar-refractivity contribution in [2.24, 2.45) is 0 Å². The molecule has 0 atom stereocenters. The van der Waals surface area contributed by atoms with E-state index in [0.717, 1.165) is 5.56 Å². The molecule has 0 heterocycles. The van der Waals surface area contributed by atoms with Crippen LogP contribution in [0.5, 0.6) is 11.5 Å². The third-order valence-electron chi connectivity index (χ3n) is 1.20. The zero-order valence-corrected chi connectivity index (χ0v) is 6.22. The summed E-state index contributed by atoms with van der Waals surface area (Å²) in [5, 5.41) is 9.03. The molecule has 10 heavy (non-hydrogen) atoms. The zero-order valence-electron chi connectivity index (χ0n) is 5.47. The summed E-state index contributed by atoms with van der Waals surface area (Å²) in [5.74, 6) is 0.349. The fraction of sp³-hybridized carbons (Fsp3) is 0.143. The molecule has 0 aliphatic heterocycles. The van der Waals surface area contributed by atoms with E-state index in [1.54, 1.807) is 12.1 Å². The van der Waals surface area contributed by atoms with Gasteiger partial charge >= 0.3 is 0 Å². The van der Waals surface area contributed by atoms with Crippen molar-refractivity contribution in [3.63, 3.8) is 0 Å². The molecule has 0 aliphatic carbocycles. The molecule has 0 radical (unpaired) electrons. The highest BCUT2D eigenvalue weighted by molar-refractivity contribution is 6.09. The number of aryl methyl sites for hydroxylation is 1. The Labute approximate surface area is 64.2 Å². The van der Waals surface area contributed by atoms with Crippen LogP contribution in [0.3, 0.4) is 0 Å². The van der Waals surface area contributed by atoms with E-state index in [9.17, 15) is 0 Å². The van der Waals surface area contributed by atoms with Gasteiger partial charge < -0.3 is 9.40 Å². The summed E-state index contributed by atoms with van der Waals surface area (Å²) in [4.78, 5) is 0. The molecular weight excluding hydrogens is 152 g/mol. The van der Waals surface area contributed by atoms with E-state index < -0.39 is 0 Å². The molecule has 1 aromatic carbocycles. The number of rotatable bonds is 1. The minimum atomic E-state index is 0.0561. The van der Waals surface area contributed by atoms with E-state index >= 15 is 0 Å². The molecule has 0 fully saturated rings. The van der Waals surface area contributed by atoms with Crippen molar-refractivity contribution in [3.8, 4) is 11.5 Å². The van der Waals surface area contributed by atoms with E-state index in [1.165, 1.54) is 6.07 Å². The van der Waals surface area contributed by atoms with Gasteiger partial charge in [0.15, 0.2) is 11.5 Å². The van der Waals surface area contributed by atoms with Crippen LogP contribution in [0.2, 0.25) is 0 Å². The molecular formula is C7H7ClO2. The average molecular weight is 159 g/mol. The van der Waals surface area contributed by atoms with Gasteiger partial charge in [0.05, 0.1) is 0 Å². The predicted molar refractivity (Wildman–Crippen MR) is 39.3 cm³/mol. The van der Waals surface area contributed by atoms with Crippen LogP contribution >= 0.6 is 11.9 Å². The molecule has 0 amide bonds. The number of phenols is 1.